The zero-order valence-electron chi connectivity index (χ0n) is 8.08. The van der Waals surface area contributed by atoms with Crippen LogP contribution in [-0.2, 0) is 4.79 Å². The van der Waals surface area contributed by atoms with Gasteiger partial charge in [0.15, 0.2) is 0 Å². The summed E-state index contributed by atoms with van der Waals surface area (Å²) in [7, 11) is 0. The molecule has 1 rings (SSSR count). The van der Waals surface area contributed by atoms with Crippen molar-refractivity contribution in [2.75, 3.05) is 0 Å². The number of halogens is 1. The first-order valence-electron chi connectivity index (χ1n) is 4.30. The van der Waals surface area contributed by atoms with Gasteiger partial charge in [0.1, 0.15) is 0 Å². The molecule has 78 valence electrons. The predicted molar refractivity (Wildman–Crippen MR) is 62.2 cm³/mol. The van der Waals surface area contributed by atoms with Crippen LogP contribution in [0.25, 0.3) is 0 Å². The van der Waals surface area contributed by atoms with Gasteiger partial charge in [-0.2, -0.15) is 0 Å². The lowest BCUT2D eigenvalue weighted by Gasteiger charge is -2.16. The topological polar surface area (TPSA) is 55.1 Å². The van der Waals surface area contributed by atoms with Crippen LogP contribution < -0.4 is 11.1 Å². The second-order valence-electron chi connectivity index (χ2n) is 3.15. The van der Waals surface area contributed by atoms with E-state index in [0.29, 0.717) is 0 Å². The molecule has 14 heavy (non-hydrogen) atoms. The Kier molecular flexibility index (Phi) is 4.10. The van der Waals surface area contributed by atoms with Crippen LogP contribution in [0.4, 0.5) is 0 Å². The molecule has 0 saturated carbocycles. The third-order valence-electron chi connectivity index (χ3n) is 1.96. The van der Waals surface area contributed by atoms with E-state index in [2.05, 4.69) is 21.2 Å². The molecule has 3 nitrogen and oxygen atoms in total. The van der Waals surface area contributed by atoms with Crippen molar-refractivity contribution in [3.05, 3.63) is 20.8 Å². The Balaban J connectivity index is 2.63. The first kappa shape index (κ1) is 11.7. The van der Waals surface area contributed by atoms with Gasteiger partial charge in [-0.05, 0) is 41.2 Å². The van der Waals surface area contributed by atoms with Crippen LogP contribution in [0, 0.1) is 0 Å². The molecule has 3 N–H and O–H groups in total. The number of carbonyl (C=O) groups is 1. The first-order valence-corrected chi connectivity index (χ1v) is 5.98. The van der Waals surface area contributed by atoms with Crippen molar-refractivity contribution in [2.45, 2.75) is 25.9 Å². The van der Waals surface area contributed by atoms with Crippen LogP contribution in [-0.4, -0.2) is 11.9 Å². The summed E-state index contributed by atoms with van der Waals surface area (Å²) in [6, 6.07) is 1.82. The van der Waals surface area contributed by atoms with Gasteiger partial charge < -0.3 is 5.73 Å². The summed E-state index contributed by atoms with van der Waals surface area (Å²) in [5.74, 6) is -0.329. The molecule has 0 aliphatic rings. The highest BCUT2D eigenvalue weighted by molar-refractivity contribution is 9.10. The molecule has 0 saturated heterocycles. The molecule has 0 spiro atoms. The Hall–Kier alpha value is -0.390. The van der Waals surface area contributed by atoms with E-state index in [1.54, 1.807) is 18.3 Å². The minimum Gasteiger partial charge on any atom is -0.368 e. The van der Waals surface area contributed by atoms with Crippen molar-refractivity contribution < 1.29 is 4.79 Å². The molecule has 1 amide bonds. The Morgan fingerprint density at radius 1 is 1.64 bits per heavy atom. The molecule has 1 heterocycles. The molecule has 0 aromatic carbocycles. The van der Waals surface area contributed by atoms with E-state index in [0.717, 1.165) is 4.47 Å². The highest BCUT2D eigenvalue weighted by Crippen LogP contribution is 2.28. The zero-order valence-corrected chi connectivity index (χ0v) is 10.5. The van der Waals surface area contributed by atoms with E-state index in [9.17, 15) is 4.79 Å². The summed E-state index contributed by atoms with van der Waals surface area (Å²) in [4.78, 5) is 12.0. The van der Waals surface area contributed by atoms with Gasteiger partial charge in [0.25, 0.3) is 0 Å². The van der Waals surface area contributed by atoms with Crippen LogP contribution in [0.3, 0.4) is 0 Å². The van der Waals surface area contributed by atoms with Crippen molar-refractivity contribution in [3.8, 4) is 0 Å². The highest BCUT2D eigenvalue weighted by Gasteiger charge is 2.15. The Bertz CT molecular complexity index is 326. The summed E-state index contributed by atoms with van der Waals surface area (Å²) in [6.45, 7) is 3.77. The number of thiophene rings is 1. The Labute approximate surface area is 95.8 Å². The maximum Gasteiger partial charge on any atom is 0.234 e. The quantitative estimate of drug-likeness (QED) is 0.884. The van der Waals surface area contributed by atoms with Crippen molar-refractivity contribution >= 4 is 33.2 Å². The van der Waals surface area contributed by atoms with Crippen LogP contribution >= 0.6 is 27.3 Å². The number of primary amides is 1. The molecule has 1 aromatic heterocycles. The lowest BCUT2D eigenvalue weighted by molar-refractivity contribution is -0.119. The molecular weight excluding hydrogens is 264 g/mol. The number of nitrogens with one attached hydrogen (secondary N) is 1. The highest BCUT2D eigenvalue weighted by atomic mass is 79.9. The Morgan fingerprint density at radius 2 is 2.29 bits per heavy atom. The minimum atomic E-state index is -0.329. The molecule has 2 unspecified atom stereocenters. The van der Waals surface area contributed by atoms with Gasteiger partial charge in [-0.25, -0.2) is 0 Å². The SMILES string of the molecule is CC(NC(C)c1sccc1Br)C(N)=O. The fraction of sp³-hybridized carbons (Fsp3) is 0.444. The van der Waals surface area contributed by atoms with Gasteiger partial charge >= 0.3 is 0 Å². The van der Waals surface area contributed by atoms with E-state index < -0.39 is 0 Å². The standard InChI is InChI=1S/C9H13BrN2OS/c1-5(12-6(2)9(11)13)8-7(10)3-4-14-8/h3-6,12H,1-2H3,(H2,11,13). The van der Waals surface area contributed by atoms with E-state index >= 15 is 0 Å². The number of rotatable bonds is 4. The fourth-order valence-corrected chi connectivity index (χ4v) is 2.88. The maximum atomic E-state index is 10.8. The number of amides is 1. The average molecular weight is 277 g/mol. The lowest BCUT2D eigenvalue weighted by atomic mass is 10.2. The molecular formula is C9H13BrN2OS. The number of hydrogen-bond donors (Lipinski definition) is 2. The van der Waals surface area contributed by atoms with E-state index in [1.165, 1.54) is 4.88 Å². The molecule has 0 fully saturated rings. The molecule has 0 radical (unpaired) electrons. The number of carbonyl (C=O) groups excluding carboxylic acids is 1. The molecule has 0 aliphatic carbocycles. The largest absolute Gasteiger partial charge is 0.368 e. The minimum absolute atomic E-state index is 0.131. The smallest absolute Gasteiger partial charge is 0.234 e. The molecule has 0 aliphatic heterocycles. The third kappa shape index (κ3) is 2.80. The summed E-state index contributed by atoms with van der Waals surface area (Å²) >= 11 is 5.10. The summed E-state index contributed by atoms with van der Waals surface area (Å²) in [5, 5.41) is 5.13. The van der Waals surface area contributed by atoms with Gasteiger partial charge in [0.2, 0.25) is 5.91 Å². The van der Waals surface area contributed by atoms with Crippen molar-refractivity contribution in [2.24, 2.45) is 5.73 Å². The number of hydrogen-bond acceptors (Lipinski definition) is 3. The second-order valence-corrected chi connectivity index (χ2v) is 4.95. The van der Waals surface area contributed by atoms with Crippen molar-refractivity contribution in [1.82, 2.24) is 5.32 Å². The maximum absolute atomic E-state index is 10.8. The monoisotopic (exact) mass is 276 g/mol. The van der Waals surface area contributed by atoms with Crippen molar-refractivity contribution in [3.63, 3.8) is 0 Å². The predicted octanol–water partition coefficient (Wildman–Crippen LogP) is 2.04. The van der Waals surface area contributed by atoms with Gasteiger partial charge in [-0.3, -0.25) is 10.1 Å². The van der Waals surface area contributed by atoms with Crippen LogP contribution in [0.15, 0.2) is 15.9 Å². The first-order chi connectivity index (χ1) is 6.52. The third-order valence-corrected chi connectivity index (χ3v) is 4.02. The normalized spacial score (nSPS) is 15.1. The molecule has 5 heteroatoms. The lowest BCUT2D eigenvalue weighted by Crippen LogP contribution is -2.39. The van der Waals surface area contributed by atoms with Gasteiger partial charge in [-0.1, -0.05) is 0 Å². The molecule has 2 atom stereocenters. The van der Waals surface area contributed by atoms with Crippen LogP contribution in [0.5, 0.6) is 0 Å². The second kappa shape index (κ2) is 4.91. The van der Waals surface area contributed by atoms with Gasteiger partial charge in [-0.15, -0.1) is 11.3 Å². The molecule has 0 bridgehead atoms. The molecule has 1 aromatic rings. The average Bonchev–Trinajstić information content (AvgIpc) is 2.51. The van der Waals surface area contributed by atoms with E-state index in [-0.39, 0.29) is 18.0 Å². The van der Waals surface area contributed by atoms with Crippen LogP contribution in [0.2, 0.25) is 0 Å². The van der Waals surface area contributed by atoms with Gasteiger partial charge in [0.05, 0.1) is 6.04 Å². The fourth-order valence-electron chi connectivity index (χ4n) is 1.15. The summed E-state index contributed by atoms with van der Waals surface area (Å²) < 4.78 is 1.07. The van der Waals surface area contributed by atoms with E-state index in [1.807, 2.05) is 18.4 Å². The summed E-state index contributed by atoms with van der Waals surface area (Å²) in [5.41, 5.74) is 5.17. The van der Waals surface area contributed by atoms with Gasteiger partial charge in [0, 0.05) is 15.4 Å². The zero-order chi connectivity index (χ0) is 10.7. The van der Waals surface area contributed by atoms with Crippen LogP contribution in [0.1, 0.15) is 24.8 Å². The Morgan fingerprint density at radius 3 is 2.71 bits per heavy atom. The summed E-state index contributed by atoms with van der Waals surface area (Å²) in [6.07, 6.45) is 0. The van der Waals surface area contributed by atoms with Crippen molar-refractivity contribution in [1.29, 1.82) is 0 Å². The van der Waals surface area contributed by atoms with E-state index in [4.69, 9.17) is 5.73 Å². The number of nitrogens with two attached hydrogens (primary N) is 1.